The van der Waals surface area contributed by atoms with Gasteiger partial charge in [-0.25, -0.2) is 4.98 Å². The van der Waals surface area contributed by atoms with Crippen molar-refractivity contribution in [3.05, 3.63) is 23.2 Å². The zero-order valence-corrected chi connectivity index (χ0v) is 13.4. The van der Waals surface area contributed by atoms with Crippen molar-refractivity contribution >= 4 is 45.4 Å². The third kappa shape index (κ3) is 1.85. The van der Waals surface area contributed by atoms with Gasteiger partial charge in [0.1, 0.15) is 11.1 Å². The molecule has 3 aromatic rings. The lowest BCUT2D eigenvalue weighted by atomic mass is 10.2. The lowest BCUT2D eigenvalue weighted by molar-refractivity contribution is 0.292. The van der Waals surface area contributed by atoms with E-state index in [4.69, 9.17) is 21.8 Å². The Labute approximate surface area is 137 Å². The first-order valence-corrected chi connectivity index (χ1v) is 8.10. The Balaban J connectivity index is 1.74. The molecule has 0 aliphatic carbocycles. The summed E-state index contributed by atoms with van der Waals surface area (Å²) in [6, 6.07) is 6.58. The molecule has 118 valence electrons. The van der Waals surface area contributed by atoms with Crippen molar-refractivity contribution in [1.82, 2.24) is 14.9 Å². The van der Waals surface area contributed by atoms with Crippen LogP contribution in [0.4, 0.5) is 11.8 Å². The molecular weight excluding hydrogens is 314 g/mol. The number of anilines is 2. The van der Waals surface area contributed by atoms with Crippen LogP contribution in [-0.2, 0) is 0 Å². The van der Waals surface area contributed by atoms with E-state index in [0.717, 1.165) is 41.8 Å². The number of aromatic nitrogens is 2. The number of likely N-dealkylation sites (tertiary alicyclic amines) is 1. The predicted molar refractivity (Wildman–Crippen MR) is 90.9 cm³/mol. The molecule has 1 unspecified atom stereocenters. The van der Waals surface area contributed by atoms with Gasteiger partial charge >= 0.3 is 0 Å². The van der Waals surface area contributed by atoms with Gasteiger partial charge in [0.2, 0.25) is 5.95 Å². The maximum absolute atomic E-state index is 6.12. The summed E-state index contributed by atoms with van der Waals surface area (Å²) in [6.07, 6.45) is 1.16. The summed E-state index contributed by atoms with van der Waals surface area (Å²) < 4.78 is 6.05. The fraction of sp³-hybridized carbons (Fsp3) is 0.375. The minimum absolute atomic E-state index is 0.270. The van der Waals surface area contributed by atoms with Crippen molar-refractivity contribution in [3.63, 3.8) is 0 Å². The summed E-state index contributed by atoms with van der Waals surface area (Å²) in [4.78, 5) is 13.6. The van der Waals surface area contributed by atoms with Crippen LogP contribution < -0.4 is 10.6 Å². The SMILES string of the molecule is CN1CC2C[C@H]1CN2c1nc(N)nc2c1oc1ccc(Cl)cc12. The largest absolute Gasteiger partial charge is 0.450 e. The van der Waals surface area contributed by atoms with Gasteiger partial charge in [-0.2, -0.15) is 4.98 Å². The molecule has 2 atom stereocenters. The fourth-order valence-corrected chi connectivity index (χ4v) is 4.11. The van der Waals surface area contributed by atoms with E-state index in [1.165, 1.54) is 0 Å². The molecule has 2 aromatic heterocycles. The molecule has 0 spiro atoms. The Bertz CT molecular complexity index is 937. The van der Waals surface area contributed by atoms with Gasteiger partial charge in [0.25, 0.3) is 0 Å². The van der Waals surface area contributed by atoms with E-state index in [2.05, 4.69) is 26.8 Å². The Kier molecular flexibility index (Phi) is 2.61. The maximum atomic E-state index is 6.12. The van der Waals surface area contributed by atoms with Crippen molar-refractivity contribution in [2.24, 2.45) is 0 Å². The molecule has 4 heterocycles. The summed E-state index contributed by atoms with van der Waals surface area (Å²) in [5.74, 6) is 1.08. The van der Waals surface area contributed by atoms with E-state index < -0.39 is 0 Å². The Morgan fingerprint density at radius 1 is 1.26 bits per heavy atom. The minimum Gasteiger partial charge on any atom is -0.450 e. The second-order valence-electron chi connectivity index (χ2n) is 6.46. The zero-order chi connectivity index (χ0) is 15.7. The standard InChI is InChI=1S/C16H16ClN5O/c1-21-6-10-5-9(21)7-22(10)15-14-13(19-16(18)20-15)11-4-8(17)2-3-12(11)23-14/h2-4,9-10H,5-7H2,1H3,(H2,18,19,20)/t9-,10?/m0/s1. The summed E-state index contributed by atoms with van der Waals surface area (Å²) in [6.45, 7) is 1.99. The summed E-state index contributed by atoms with van der Waals surface area (Å²) in [5, 5.41) is 1.53. The van der Waals surface area contributed by atoms with E-state index in [9.17, 15) is 0 Å². The van der Waals surface area contributed by atoms with Gasteiger partial charge in [0.15, 0.2) is 11.4 Å². The highest BCUT2D eigenvalue weighted by Gasteiger charge is 2.43. The average molecular weight is 330 g/mol. The van der Waals surface area contributed by atoms with Gasteiger partial charge in [-0.1, -0.05) is 11.6 Å². The van der Waals surface area contributed by atoms with Gasteiger partial charge < -0.3 is 15.1 Å². The number of furan rings is 1. The van der Waals surface area contributed by atoms with Crippen molar-refractivity contribution in [3.8, 4) is 0 Å². The quantitative estimate of drug-likeness (QED) is 0.739. The monoisotopic (exact) mass is 329 g/mol. The second-order valence-corrected chi connectivity index (χ2v) is 6.90. The second kappa shape index (κ2) is 4.49. The Morgan fingerprint density at radius 3 is 2.87 bits per heavy atom. The number of piperazine rings is 1. The highest BCUT2D eigenvalue weighted by Crippen LogP contribution is 2.39. The van der Waals surface area contributed by atoms with E-state index >= 15 is 0 Å². The third-order valence-electron chi connectivity index (χ3n) is 5.06. The Hall–Kier alpha value is -2.05. The molecule has 1 aromatic carbocycles. The molecule has 7 heteroatoms. The number of likely N-dealkylation sites (N-methyl/N-ethyl adjacent to an activating group) is 1. The molecule has 0 amide bonds. The highest BCUT2D eigenvalue weighted by atomic mass is 35.5. The van der Waals surface area contributed by atoms with Crippen LogP contribution in [-0.4, -0.2) is 47.1 Å². The van der Waals surface area contributed by atoms with Crippen molar-refractivity contribution < 1.29 is 4.42 Å². The maximum Gasteiger partial charge on any atom is 0.222 e. The van der Waals surface area contributed by atoms with E-state index in [-0.39, 0.29) is 5.95 Å². The van der Waals surface area contributed by atoms with Crippen LogP contribution in [0.5, 0.6) is 0 Å². The van der Waals surface area contributed by atoms with Gasteiger partial charge in [-0.15, -0.1) is 0 Å². The number of benzene rings is 1. The van der Waals surface area contributed by atoms with Crippen LogP contribution >= 0.6 is 11.6 Å². The molecular formula is C16H16ClN5O. The minimum atomic E-state index is 0.270. The fourth-order valence-electron chi connectivity index (χ4n) is 3.94. The van der Waals surface area contributed by atoms with Gasteiger partial charge in [-0.05, 0) is 31.7 Å². The zero-order valence-electron chi connectivity index (χ0n) is 12.7. The lowest BCUT2D eigenvalue weighted by Crippen LogP contribution is -2.45. The molecule has 2 saturated heterocycles. The highest BCUT2D eigenvalue weighted by molar-refractivity contribution is 6.31. The van der Waals surface area contributed by atoms with E-state index in [0.29, 0.717) is 22.7 Å². The van der Waals surface area contributed by atoms with Crippen LogP contribution in [0.2, 0.25) is 5.02 Å². The number of nitrogens with two attached hydrogens (primary N) is 1. The summed E-state index contributed by atoms with van der Waals surface area (Å²) >= 11 is 6.12. The molecule has 2 fully saturated rings. The van der Waals surface area contributed by atoms with Crippen molar-refractivity contribution in [2.45, 2.75) is 18.5 Å². The number of halogens is 1. The molecule has 2 N–H and O–H groups in total. The first kappa shape index (κ1) is 13.4. The summed E-state index contributed by atoms with van der Waals surface area (Å²) in [7, 11) is 2.18. The van der Waals surface area contributed by atoms with Gasteiger partial charge in [0, 0.05) is 35.6 Å². The molecule has 5 rings (SSSR count). The van der Waals surface area contributed by atoms with Gasteiger partial charge in [0.05, 0.1) is 0 Å². The normalized spacial score (nSPS) is 24.3. The Morgan fingerprint density at radius 2 is 2.13 bits per heavy atom. The number of hydrogen-bond acceptors (Lipinski definition) is 6. The molecule has 0 saturated carbocycles. The first-order chi connectivity index (χ1) is 11.1. The molecule has 0 radical (unpaired) electrons. The van der Waals surface area contributed by atoms with Crippen molar-refractivity contribution in [1.29, 1.82) is 0 Å². The molecule has 23 heavy (non-hydrogen) atoms. The molecule has 2 aliphatic heterocycles. The molecule has 2 bridgehead atoms. The topological polar surface area (TPSA) is 71.4 Å². The predicted octanol–water partition coefficient (Wildman–Crippen LogP) is 2.50. The van der Waals surface area contributed by atoms with Crippen LogP contribution in [0.15, 0.2) is 22.6 Å². The van der Waals surface area contributed by atoms with Crippen LogP contribution in [0, 0.1) is 0 Å². The average Bonchev–Trinajstić information content (AvgIpc) is 3.18. The smallest absolute Gasteiger partial charge is 0.222 e. The number of hydrogen-bond donors (Lipinski definition) is 1. The van der Waals surface area contributed by atoms with Gasteiger partial charge in [-0.3, -0.25) is 4.90 Å². The third-order valence-corrected chi connectivity index (χ3v) is 5.30. The van der Waals surface area contributed by atoms with Crippen LogP contribution in [0.25, 0.3) is 22.1 Å². The van der Waals surface area contributed by atoms with Crippen LogP contribution in [0.1, 0.15) is 6.42 Å². The number of nitrogens with zero attached hydrogens (tertiary/aromatic N) is 4. The lowest BCUT2D eigenvalue weighted by Gasteiger charge is -2.32. The summed E-state index contributed by atoms with van der Waals surface area (Å²) in [5.41, 5.74) is 8.17. The first-order valence-electron chi connectivity index (χ1n) is 7.72. The van der Waals surface area contributed by atoms with Crippen LogP contribution in [0.3, 0.4) is 0 Å². The van der Waals surface area contributed by atoms with E-state index in [1.54, 1.807) is 0 Å². The van der Waals surface area contributed by atoms with E-state index in [1.807, 2.05) is 18.2 Å². The molecule has 2 aliphatic rings. The van der Waals surface area contributed by atoms with Crippen molar-refractivity contribution in [2.75, 3.05) is 30.8 Å². The number of nitrogen functional groups attached to an aromatic ring is 1. The molecule has 6 nitrogen and oxygen atoms in total. The number of fused-ring (bicyclic) bond motifs is 5. The number of rotatable bonds is 1.